The molecule has 2 N–H and O–H groups in total. The van der Waals surface area contributed by atoms with Crippen LogP contribution in [0, 0.1) is 0 Å². The van der Waals surface area contributed by atoms with Gasteiger partial charge in [-0.15, -0.1) is 10.2 Å². The number of carbonyl (C=O) groups is 1. The molecule has 2 aromatic carbocycles. The van der Waals surface area contributed by atoms with E-state index in [-0.39, 0.29) is 23.3 Å². The Balaban J connectivity index is 1.43. The summed E-state index contributed by atoms with van der Waals surface area (Å²) >= 11 is 1.44. The number of fused-ring (bicyclic) bond motifs is 1. The van der Waals surface area contributed by atoms with E-state index in [1.807, 2.05) is 65.3 Å². The Bertz CT molecular complexity index is 1000. The monoisotopic (exact) mass is 421 g/mol. The van der Waals surface area contributed by atoms with Crippen molar-refractivity contribution < 1.29 is 9.53 Å². The third-order valence-electron chi connectivity index (χ3n) is 5.41. The van der Waals surface area contributed by atoms with Gasteiger partial charge in [-0.3, -0.25) is 4.79 Å². The van der Waals surface area contributed by atoms with Gasteiger partial charge in [0.15, 0.2) is 5.82 Å². The van der Waals surface area contributed by atoms with Crippen LogP contribution in [-0.2, 0) is 9.53 Å². The third kappa shape index (κ3) is 3.80. The summed E-state index contributed by atoms with van der Waals surface area (Å²) in [5.74, 6) is 0.713. The molecule has 3 aromatic rings. The van der Waals surface area contributed by atoms with Crippen molar-refractivity contribution in [2.75, 3.05) is 18.6 Å². The van der Waals surface area contributed by atoms with Crippen molar-refractivity contribution in [3.05, 3.63) is 66.2 Å². The molecule has 3 unspecified atom stereocenters. The van der Waals surface area contributed by atoms with Crippen LogP contribution < -0.4 is 10.7 Å². The van der Waals surface area contributed by atoms with Gasteiger partial charge in [0.25, 0.3) is 0 Å². The van der Waals surface area contributed by atoms with Crippen LogP contribution in [0.2, 0.25) is 0 Å². The van der Waals surface area contributed by atoms with Crippen molar-refractivity contribution in [2.45, 2.75) is 35.4 Å². The van der Waals surface area contributed by atoms with E-state index in [4.69, 9.17) is 4.74 Å². The van der Waals surface area contributed by atoms with Gasteiger partial charge in [-0.25, -0.2) is 4.68 Å². The highest BCUT2D eigenvalue weighted by atomic mass is 32.2. The zero-order valence-electron chi connectivity index (χ0n) is 16.4. The minimum Gasteiger partial charge on any atom is -0.376 e. The second-order valence-corrected chi connectivity index (χ2v) is 8.55. The average molecular weight is 422 g/mol. The van der Waals surface area contributed by atoms with E-state index in [1.54, 1.807) is 0 Å². The molecule has 1 fully saturated rings. The van der Waals surface area contributed by atoms with Crippen molar-refractivity contribution >= 4 is 17.7 Å². The van der Waals surface area contributed by atoms with Crippen LogP contribution in [0.15, 0.2) is 65.8 Å². The van der Waals surface area contributed by atoms with Gasteiger partial charge in [0.05, 0.1) is 12.1 Å². The summed E-state index contributed by atoms with van der Waals surface area (Å²) in [4.78, 5) is 13.1. The van der Waals surface area contributed by atoms with E-state index >= 15 is 0 Å². The lowest BCUT2D eigenvalue weighted by Crippen LogP contribution is -2.45. The first kappa shape index (κ1) is 19.1. The van der Waals surface area contributed by atoms with Gasteiger partial charge < -0.3 is 15.5 Å². The number of hydrogen-bond acceptors (Lipinski definition) is 6. The van der Waals surface area contributed by atoms with E-state index in [0.717, 1.165) is 36.4 Å². The summed E-state index contributed by atoms with van der Waals surface area (Å²) < 4.78 is 7.54. The fourth-order valence-electron chi connectivity index (χ4n) is 3.86. The molecule has 5 rings (SSSR count). The molecule has 3 heterocycles. The van der Waals surface area contributed by atoms with Gasteiger partial charge in [-0.2, -0.15) is 0 Å². The van der Waals surface area contributed by atoms with Crippen molar-refractivity contribution in [1.29, 1.82) is 0 Å². The van der Waals surface area contributed by atoms with Crippen LogP contribution in [0.5, 0.6) is 0 Å². The summed E-state index contributed by atoms with van der Waals surface area (Å²) in [6, 6.07) is 19.7. The van der Waals surface area contributed by atoms with Gasteiger partial charge >= 0.3 is 0 Å². The Morgan fingerprint density at radius 1 is 1.13 bits per heavy atom. The lowest BCUT2D eigenvalue weighted by Gasteiger charge is -2.33. The third-order valence-corrected chi connectivity index (χ3v) is 6.63. The lowest BCUT2D eigenvalue weighted by atomic mass is 10.0. The Morgan fingerprint density at radius 2 is 1.90 bits per heavy atom. The molecule has 7 nitrogen and oxygen atoms in total. The molecule has 1 saturated heterocycles. The number of aromatic nitrogens is 3. The number of thioether (sulfide) groups is 1. The Kier molecular flexibility index (Phi) is 5.42. The van der Waals surface area contributed by atoms with Gasteiger partial charge in [0.2, 0.25) is 11.1 Å². The van der Waals surface area contributed by atoms with Crippen LogP contribution in [-0.4, -0.2) is 45.3 Å². The number of amides is 1. The molecule has 30 heavy (non-hydrogen) atoms. The van der Waals surface area contributed by atoms with Crippen LogP contribution in [0.1, 0.15) is 24.4 Å². The number of ether oxygens (including phenoxy) is 1. The summed E-state index contributed by atoms with van der Waals surface area (Å²) in [7, 11) is 0. The predicted octanol–water partition coefficient (Wildman–Crippen LogP) is 3.00. The highest BCUT2D eigenvalue weighted by molar-refractivity contribution is 8.00. The number of carbonyl (C=O) groups excluding carboxylic acids is 1. The van der Waals surface area contributed by atoms with Gasteiger partial charge in [-0.1, -0.05) is 72.4 Å². The first-order chi connectivity index (χ1) is 14.8. The highest BCUT2D eigenvalue weighted by Crippen LogP contribution is 2.38. The van der Waals surface area contributed by atoms with E-state index in [2.05, 4.69) is 20.9 Å². The Morgan fingerprint density at radius 3 is 2.63 bits per heavy atom. The molecular formula is C22H23N5O2S. The number of rotatable bonds is 5. The number of nitrogens with one attached hydrogen (secondary N) is 2. The Hall–Kier alpha value is -2.84. The topological polar surface area (TPSA) is 81.1 Å². The molecule has 154 valence electrons. The molecule has 0 bridgehead atoms. The average Bonchev–Trinajstić information content (AvgIpc) is 3.47. The van der Waals surface area contributed by atoms with Gasteiger partial charge in [-0.05, 0) is 18.4 Å². The quantitative estimate of drug-likeness (QED) is 0.659. The number of benzene rings is 2. The lowest BCUT2D eigenvalue weighted by molar-refractivity contribution is -0.121. The first-order valence-electron chi connectivity index (χ1n) is 10.2. The summed E-state index contributed by atoms with van der Waals surface area (Å²) in [6.07, 6.45) is 2.16. The summed E-state index contributed by atoms with van der Waals surface area (Å²) in [6.45, 7) is 1.32. The second kappa shape index (κ2) is 8.49. The zero-order valence-corrected chi connectivity index (χ0v) is 17.2. The molecular weight excluding hydrogens is 398 g/mol. The molecule has 2 aliphatic rings. The van der Waals surface area contributed by atoms with Gasteiger partial charge in [0, 0.05) is 18.7 Å². The maximum atomic E-state index is 13.1. The maximum absolute atomic E-state index is 13.1. The van der Waals surface area contributed by atoms with Crippen molar-refractivity contribution in [3.63, 3.8) is 0 Å². The summed E-state index contributed by atoms with van der Waals surface area (Å²) in [5, 5.41) is 12.1. The standard InChI is InChI=1S/C22H23N5O2S/c28-21(23-14-17-12-7-13-29-17)19-18(15-8-3-1-4-9-15)26-27-20(24-25-22(27)30-19)16-10-5-2-6-11-16/h1-6,8-11,17-19,26H,7,12-14H2,(H,23,28). The largest absolute Gasteiger partial charge is 0.376 e. The minimum atomic E-state index is -0.367. The SMILES string of the molecule is O=C(NCC1CCCO1)C1Sc2nnc(-c3ccccc3)n2NC1c1ccccc1. The van der Waals surface area contributed by atoms with Crippen LogP contribution >= 0.6 is 11.8 Å². The van der Waals surface area contributed by atoms with Crippen LogP contribution in [0.25, 0.3) is 11.4 Å². The molecule has 0 radical (unpaired) electrons. The molecule has 0 spiro atoms. The smallest absolute Gasteiger partial charge is 0.236 e. The molecule has 0 saturated carbocycles. The van der Waals surface area contributed by atoms with E-state index in [1.165, 1.54) is 11.8 Å². The van der Waals surface area contributed by atoms with E-state index in [9.17, 15) is 4.79 Å². The fourth-order valence-corrected chi connectivity index (χ4v) is 4.96. The minimum absolute atomic E-state index is 0.0210. The number of nitrogens with zero attached hydrogens (tertiary/aromatic N) is 3. The summed E-state index contributed by atoms with van der Waals surface area (Å²) in [5.41, 5.74) is 5.51. The van der Waals surface area contributed by atoms with Crippen molar-refractivity contribution in [1.82, 2.24) is 20.2 Å². The molecule has 8 heteroatoms. The molecule has 2 aliphatic heterocycles. The molecule has 0 aliphatic carbocycles. The molecule has 3 atom stereocenters. The van der Waals surface area contributed by atoms with E-state index < -0.39 is 0 Å². The fraction of sp³-hybridized carbons (Fsp3) is 0.318. The van der Waals surface area contributed by atoms with Crippen molar-refractivity contribution in [2.24, 2.45) is 0 Å². The molecule has 1 aromatic heterocycles. The van der Waals surface area contributed by atoms with Crippen LogP contribution in [0.4, 0.5) is 0 Å². The molecule has 1 amide bonds. The first-order valence-corrected chi connectivity index (χ1v) is 11.1. The van der Waals surface area contributed by atoms with E-state index in [0.29, 0.717) is 11.7 Å². The Labute approximate surface area is 179 Å². The predicted molar refractivity (Wildman–Crippen MR) is 116 cm³/mol. The maximum Gasteiger partial charge on any atom is 0.236 e. The van der Waals surface area contributed by atoms with Gasteiger partial charge in [0.1, 0.15) is 5.25 Å². The van der Waals surface area contributed by atoms with Crippen molar-refractivity contribution in [3.8, 4) is 11.4 Å². The second-order valence-electron chi connectivity index (χ2n) is 7.44. The number of hydrogen-bond donors (Lipinski definition) is 2. The normalized spacial score (nSPS) is 22.9. The highest BCUT2D eigenvalue weighted by Gasteiger charge is 2.38. The van der Waals surface area contributed by atoms with Crippen LogP contribution in [0.3, 0.4) is 0 Å². The zero-order chi connectivity index (χ0) is 20.3.